The van der Waals surface area contributed by atoms with Gasteiger partial charge in [-0.25, -0.2) is 4.39 Å². The second-order valence-electron chi connectivity index (χ2n) is 3.20. The third kappa shape index (κ3) is 2.94. The first-order chi connectivity index (χ1) is 6.50. The lowest BCUT2D eigenvalue weighted by molar-refractivity contribution is -0.127. The highest BCUT2D eigenvalue weighted by atomic mass is 127. The van der Waals surface area contributed by atoms with Gasteiger partial charge in [-0.2, -0.15) is 0 Å². The van der Waals surface area contributed by atoms with Crippen LogP contribution in [0.2, 0.25) is 0 Å². The maximum absolute atomic E-state index is 12.9. The van der Waals surface area contributed by atoms with Crippen molar-refractivity contribution in [2.24, 2.45) is 0 Å². The Hall–Kier alpha value is -0.650. The van der Waals surface area contributed by atoms with Crippen LogP contribution in [0, 0.1) is 9.39 Å². The van der Waals surface area contributed by atoms with E-state index in [4.69, 9.17) is 0 Å². The summed E-state index contributed by atoms with van der Waals surface area (Å²) in [5.74, 6) is -0.319. The maximum Gasteiger partial charge on any atom is 0.226 e. The highest BCUT2D eigenvalue weighted by Gasteiger charge is 2.09. The molecule has 1 aromatic rings. The number of benzene rings is 1. The van der Waals surface area contributed by atoms with E-state index in [9.17, 15) is 9.18 Å². The maximum atomic E-state index is 12.9. The lowest BCUT2D eigenvalue weighted by Gasteiger charge is -2.10. The quantitative estimate of drug-likeness (QED) is 0.766. The first kappa shape index (κ1) is 11.4. The molecule has 0 aromatic heterocycles. The average molecular weight is 307 g/mol. The molecule has 14 heavy (non-hydrogen) atoms. The summed E-state index contributed by atoms with van der Waals surface area (Å²) in [5, 5.41) is 0. The number of carbonyl (C=O) groups is 1. The van der Waals surface area contributed by atoms with Gasteiger partial charge in [-0.3, -0.25) is 4.79 Å². The van der Waals surface area contributed by atoms with Crippen molar-refractivity contribution in [3.63, 3.8) is 0 Å². The van der Waals surface area contributed by atoms with Crippen LogP contribution in [0.3, 0.4) is 0 Å². The highest BCUT2D eigenvalue weighted by Crippen LogP contribution is 2.14. The number of amides is 1. The Bertz CT molecular complexity index is 352. The van der Waals surface area contributed by atoms with Gasteiger partial charge < -0.3 is 4.90 Å². The van der Waals surface area contributed by atoms with Gasteiger partial charge in [-0.05, 0) is 46.4 Å². The topological polar surface area (TPSA) is 20.3 Å². The molecule has 0 bridgehead atoms. The van der Waals surface area contributed by atoms with E-state index in [1.165, 1.54) is 17.0 Å². The fourth-order valence-electron chi connectivity index (χ4n) is 1.000. The molecule has 0 unspecified atom stereocenters. The van der Waals surface area contributed by atoms with Crippen LogP contribution < -0.4 is 0 Å². The van der Waals surface area contributed by atoms with Crippen molar-refractivity contribution < 1.29 is 9.18 Å². The molecule has 0 aliphatic heterocycles. The zero-order valence-corrected chi connectivity index (χ0v) is 10.2. The van der Waals surface area contributed by atoms with Crippen molar-refractivity contribution in [2.45, 2.75) is 6.42 Å². The molecule has 0 saturated heterocycles. The average Bonchev–Trinajstić information content (AvgIpc) is 2.11. The van der Waals surface area contributed by atoms with E-state index < -0.39 is 0 Å². The van der Waals surface area contributed by atoms with Crippen LogP contribution in [0.4, 0.5) is 4.39 Å². The van der Waals surface area contributed by atoms with E-state index in [0.29, 0.717) is 0 Å². The van der Waals surface area contributed by atoms with Crippen molar-refractivity contribution >= 4 is 28.5 Å². The lowest BCUT2D eigenvalue weighted by atomic mass is 10.1. The molecule has 0 atom stereocenters. The summed E-state index contributed by atoms with van der Waals surface area (Å²) in [6.45, 7) is 0. The number of halogens is 2. The Balaban J connectivity index is 2.86. The summed E-state index contributed by atoms with van der Waals surface area (Å²) in [5.41, 5.74) is 0.740. The molecule has 0 heterocycles. The summed E-state index contributed by atoms with van der Waals surface area (Å²) in [7, 11) is 3.38. The lowest BCUT2D eigenvalue weighted by Crippen LogP contribution is -2.23. The Morgan fingerprint density at radius 3 is 2.71 bits per heavy atom. The molecule has 1 rings (SSSR count). The Kier molecular flexibility index (Phi) is 3.86. The zero-order valence-electron chi connectivity index (χ0n) is 8.05. The second-order valence-corrected chi connectivity index (χ2v) is 4.36. The first-order valence-electron chi connectivity index (χ1n) is 4.15. The van der Waals surface area contributed by atoms with Gasteiger partial charge in [0.15, 0.2) is 0 Å². The molecule has 0 N–H and O–H groups in total. The minimum atomic E-state index is -0.299. The third-order valence-corrected chi connectivity index (χ3v) is 2.90. The zero-order chi connectivity index (χ0) is 10.7. The van der Waals surface area contributed by atoms with Crippen LogP contribution >= 0.6 is 22.6 Å². The summed E-state index contributed by atoms with van der Waals surface area (Å²) < 4.78 is 13.8. The van der Waals surface area contributed by atoms with Crippen molar-refractivity contribution in [3.05, 3.63) is 33.1 Å². The summed E-state index contributed by atoms with van der Waals surface area (Å²) in [4.78, 5) is 12.9. The monoisotopic (exact) mass is 307 g/mol. The molecular formula is C10H11FINO. The van der Waals surface area contributed by atoms with Crippen LogP contribution in [0.25, 0.3) is 0 Å². The number of likely N-dealkylation sites (N-methyl/N-ethyl adjacent to an activating group) is 1. The largest absolute Gasteiger partial charge is 0.349 e. The van der Waals surface area contributed by atoms with Crippen molar-refractivity contribution in [1.82, 2.24) is 4.90 Å². The summed E-state index contributed by atoms with van der Waals surface area (Å²) in [6, 6.07) is 4.47. The van der Waals surface area contributed by atoms with Crippen LogP contribution in [0.15, 0.2) is 18.2 Å². The molecule has 0 fully saturated rings. The molecule has 1 aromatic carbocycles. The molecule has 0 aliphatic carbocycles. The van der Waals surface area contributed by atoms with Gasteiger partial charge in [-0.15, -0.1) is 0 Å². The molecular weight excluding hydrogens is 296 g/mol. The molecule has 0 aliphatic rings. The Labute approximate surface area is 96.2 Å². The number of nitrogens with zero attached hydrogens (tertiary/aromatic N) is 1. The molecule has 0 spiro atoms. The van der Waals surface area contributed by atoms with Crippen molar-refractivity contribution in [1.29, 1.82) is 0 Å². The van der Waals surface area contributed by atoms with Gasteiger partial charge in [0, 0.05) is 17.7 Å². The number of carbonyl (C=O) groups excluding carboxylic acids is 1. The summed E-state index contributed by atoms with van der Waals surface area (Å²) >= 11 is 2.10. The molecule has 0 radical (unpaired) electrons. The predicted octanol–water partition coefficient (Wildman–Crippen LogP) is 2.06. The third-order valence-electron chi connectivity index (χ3n) is 1.85. The van der Waals surface area contributed by atoms with Crippen molar-refractivity contribution in [2.75, 3.05) is 14.1 Å². The molecule has 0 saturated carbocycles. The van der Waals surface area contributed by atoms with Gasteiger partial charge in [0.2, 0.25) is 5.91 Å². The minimum Gasteiger partial charge on any atom is -0.349 e. The first-order valence-corrected chi connectivity index (χ1v) is 5.22. The van der Waals surface area contributed by atoms with E-state index in [2.05, 4.69) is 22.6 Å². The standard InChI is InChI=1S/C10H11FINO/c1-13(2)10(14)6-7-5-8(11)3-4-9(7)12/h3-5H,6H2,1-2H3. The smallest absolute Gasteiger partial charge is 0.226 e. The van der Waals surface area contributed by atoms with Gasteiger partial charge in [0.1, 0.15) is 5.82 Å². The van der Waals surface area contributed by atoms with Gasteiger partial charge in [0.05, 0.1) is 6.42 Å². The van der Waals surface area contributed by atoms with Gasteiger partial charge >= 0.3 is 0 Å². The normalized spacial score (nSPS) is 10.0. The van der Waals surface area contributed by atoms with Crippen molar-refractivity contribution in [3.8, 4) is 0 Å². The van der Waals surface area contributed by atoms with E-state index in [1.54, 1.807) is 20.2 Å². The fraction of sp³-hybridized carbons (Fsp3) is 0.300. The fourth-order valence-corrected chi connectivity index (χ4v) is 1.53. The molecule has 1 amide bonds. The Morgan fingerprint density at radius 1 is 1.50 bits per heavy atom. The highest BCUT2D eigenvalue weighted by molar-refractivity contribution is 14.1. The number of hydrogen-bond donors (Lipinski definition) is 0. The SMILES string of the molecule is CN(C)C(=O)Cc1cc(F)ccc1I. The van der Waals surface area contributed by atoms with Gasteiger partial charge in [0.25, 0.3) is 0 Å². The van der Waals surface area contributed by atoms with E-state index in [1.807, 2.05) is 0 Å². The summed E-state index contributed by atoms with van der Waals surface area (Å²) in [6.07, 6.45) is 0.253. The van der Waals surface area contributed by atoms with Crippen LogP contribution in [0.1, 0.15) is 5.56 Å². The van der Waals surface area contributed by atoms with Crippen LogP contribution in [-0.4, -0.2) is 24.9 Å². The predicted molar refractivity (Wildman–Crippen MR) is 61.5 cm³/mol. The van der Waals surface area contributed by atoms with E-state index >= 15 is 0 Å². The number of rotatable bonds is 2. The van der Waals surface area contributed by atoms with E-state index in [0.717, 1.165) is 9.13 Å². The van der Waals surface area contributed by atoms with Gasteiger partial charge in [-0.1, -0.05) is 0 Å². The van der Waals surface area contributed by atoms with E-state index in [-0.39, 0.29) is 18.1 Å². The number of hydrogen-bond acceptors (Lipinski definition) is 1. The molecule has 2 nitrogen and oxygen atoms in total. The second kappa shape index (κ2) is 4.72. The Morgan fingerprint density at radius 2 is 2.14 bits per heavy atom. The van der Waals surface area contributed by atoms with Crippen LogP contribution in [0.5, 0.6) is 0 Å². The van der Waals surface area contributed by atoms with Crippen LogP contribution in [-0.2, 0) is 11.2 Å². The molecule has 4 heteroatoms. The minimum absolute atomic E-state index is 0.0199. The molecule has 76 valence electrons.